The van der Waals surface area contributed by atoms with Crippen LogP contribution in [-0.4, -0.2) is 31.7 Å². The lowest BCUT2D eigenvalue weighted by Crippen LogP contribution is -2.13. The number of anilines is 1. The lowest BCUT2D eigenvalue weighted by molar-refractivity contribution is -0.116. The average molecular weight is 311 g/mol. The van der Waals surface area contributed by atoms with E-state index < -0.39 is 15.8 Å². The fourth-order valence-electron chi connectivity index (χ4n) is 1.97. The maximum absolute atomic E-state index is 11.8. The smallest absolute Gasteiger partial charge is 0.335 e. The van der Waals surface area contributed by atoms with E-state index in [1.165, 1.54) is 12.1 Å². The summed E-state index contributed by atoms with van der Waals surface area (Å²) >= 11 is 0. The number of benzene rings is 1. The maximum Gasteiger partial charge on any atom is 0.335 e. The van der Waals surface area contributed by atoms with Crippen molar-refractivity contribution >= 4 is 27.4 Å². The van der Waals surface area contributed by atoms with E-state index in [9.17, 15) is 18.0 Å². The van der Waals surface area contributed by atoms with Crippen LogP contribution in [0, 0.1) is 5.92 Å². The topological polar surface area (TPSA) is 101 Å². The summed E-state index contributed by atoms with van der Waals surface area (Å²) in [5.41, 5.74) is 0.0199. The molecule has 1 aromatic carbocycles. The second-order valence-corrected chi connectivity index (χ2v) is 7.37. The van der Waals surface area contributed by atoms with Crippen LogP contribution in [0.1, 0.15) is 36.0 Å². The van der Waals surface area contributed by atoms with Gasteiger partial charge in [-0.05, 0) is 30.5 Å². The van der Waals surface area contributed by atoms with Crippen LogP contribution in [0.2, 0.25) is 0 Å². The Labute approximate surface area is 123 Å². The molecule has 1 aromatic rings. The molecule has 114 valence electrons. The van der Waals surface area contributed by atoms with Gasteiger partial charge in [0.1, 0.15) is 0 Å². The Balaban J connectivity index is 2.18. The normalized spacial score (nSPS) is 14.7. The first-order valence-corrected chi connectivity index (χ1v) is 8.53. The molecule has 0 bridgehead atoms. The summed E-state index contributed by atoms with van der Waals surface area (Å²) in [4.78, 5) is 22.7. The van der Waals surface area contributed by atoms with Gasteiger partial charge in [0.15, 0.2) is 9.84 Å². The van der Waals surface area contributed by atoms with Gasteiger partial charge in [-0.3, -0.25) is 4.79 Å². The molecular weight excluding hydrogens is 294 g/mol. The predicted octanol–water partition coefficient (Wildman–Crippen LogP) is 1.92. The highest BCUT2D eigenvalue weighted by Gasteiger charge is 2.22. The number of carbonyl (C=O) groups is 2. The van der Waals surface area contributed by atoms with Crippen molar-refractivity contribution < 1.29 is 23.1 Å². The monoisotopic (exact) mass is 311 g/mol. The molecule has 21 heavy (non-hydrogen) atoms. The molecule has 0 saturated heterocycles. The Kier molecular flexibility index (Phi) is 4.32. The Morgan fingerprint density at radius 1 is 1.29 bits per heavy atom. The number of carboxylic acid groups (broad SMARTS) is 1. The summed E-state index contributed by atoms with van der Waals surface area (Å²) < 4.78 is 23.1. The van der Waals surface area contributed by atoms with E-state index >= 15 is 0 Å². The number of sulfone groups is 1. The van der Waals surface area contributed by atoms with Gasteiger partial charge < -0.3 is 10.4 Å². The number of amides is 1. The van der Waals surface area contributed by atoms with Crippen molar-refractivity contribution in [3.05, 3.63) is 23.8 Å². The zero-order valence-corrected chi connectivity index (χ0v) is 12.4. The summed E-state index contributed by atoms with van der Waals surface area (Å²) in [6.07, 6.45) is 4.46. The number of rotatable bonds is 6. The molecule has 7 heteroatoms. The molecule has 0 aliphatic heterocycles. The molecule has 1 saturated carbocycles. The highest BCUT2D eigenvalue weighted by atomic mass is 32.2. The van der Waals surface area contributed by atoms with E-state index in [4.69, 9.17) is 5.11 Å². The minimum absolute atomic E-state index is 0.125. The zero-order chi connectivity index (χ0) is 15.6. The van der Waals surface area contributed by atoms with E-state index in [1.807, 2.05) is 0 Å². The number of hydrogen-bond acceptors (Lipinski definition) is 4. The summed E-state index contributed by atoms with van der Waals surface area (Å²) in [6.45, 7) is 0. The van der Waals surface area contributed by atoms with Crippen molar-refractivity contribution in [3.63, 3.8) is 0 Å². The molecule has 0 heterocycles. The van der Waals surface area contributed by atoms with E-state index in [-0.39, 0.29) is 22.1 Å². The maximum atomic E-state index is 11.8. The number of carboxylic acids is 1. The second kappa shape index (κ2) is 5.85. The third-order valence-corrected chi connectivity index (χ3v) is 4.43. The highest BCUT2D eigenvalue weighted by Crippen LogP contribution is 2.33. The number of carbonyl (C=O) groups excluding carboxylic acids is 1. The fraction of sp³-hybridized carbons (Fsp3) is 0.429. The second-order valence-electron chi connectivity index (χ2n) is 5.35. The van der Waals surface area contributed by atoms with Gasteiger partial charge in [-0.2, -0.15) is 0 Å². The molecule has 1 amide bonds. The quantitative estimate of drug-likeness (QED) is 0.836. The van der Waals surface area contributed by atoms with Crippen molar-refractivity contribution in [1.29, 1.82) is 0 Å². The fourth-order valence-corrected chi connectivity index (χ4v) is 2.66. The lowest BCUT2D eigenvalue weighted by atomic mass is 10.2. The third-order valence-electron chi connectivity index (χ3n) is 3.34. The van der Waals surface area contributed by atoms with Crippen molar-refractivity contribution in [2.75, 3.05) is 11.6 Å². The van der Waals surface area contributed by atoms with E-state index in [2.05, 4.69) is 5.32 Å². The molecule has 6 nitrogen and oxygen atoms in total. The number of aromatic carboxylic acids is 1. The van der Waals surface area contributed by atoms with Crippen LogP contribution < -0.4 is 5.32 Å². The van der Waals surface area contributed by atoms with Gasteiger partial charge in [-0.15, -0.1) is 0 Å². The van der Waals surface area contributed by atoms with Crippen LogP contribution in [0.5, 0.6) is 0 Å². The van der Waals surface area contributed by atoms with Crippen LogP contribution in [0.3, 0.4) is 0 Å². The largest absolute Gasteiger partial charge is 0.478 e. The lowest BCUT2D eigenvalue weighted by Gasteiger charge is -2.08. The highest BCUT2D eigenvalue weighted by molar-refractivity contribution is 7.90. The van der Waals surface area contributed by atoms with Crippen LogP contribution in [0.4, 0.5) is 5.69 Å². The molecule has 0 unspecified atom stereocenters. The minimum atomic E-state index is -3.55. The first kappa shape index (κ1) is 15.5. The van der Waals surface area contributed by atoms with Gasteiger partial charge in [0.2, 0.25) is 5.91 Å². The van der Waals surface area contributed by atoms with E-state index in [1.54, 1.807) is 0 Å². The first-order chi connectivity index (χ1) is 9.75. The Morgan fingerprint density at radius 2 is 1.95 bits per heavy atom. The Morgan fingerprint density at radius 3 is 2.48 bits per heavy atom. The molecule has 1 aliphatic carbocycles. The van der Waals surface area contributed by atoms with Crippen LogP contribution in [0.25, 0.3) is 0 Å². The van der Waals surface area contributed by atoms with Crippen molar-refractivity contribution in [3.8, 4) is 0 Å². The molecule has 2 rings (SSSR count). The molecule has 0 aromatic heterocycles. The summed E-state index contributed by atoms with van der Waals surface area (Å²) in [5, 5.41) is 11.6. The minimum Gasteiger partial charge on any atom is -0.478 e. The Bertz CT molecular complexity index is 677. The van der Waals surface area contributed by atoms with Crippen LogP contribution in [0.15, 0.2) is 23.1 Å². The van der Waals surface area contributed by atoms with Crippen LogP contribution in [-0.2, 0) is 14.6 Å². The average Bonchev–Trinajstić information content (AvgIpc) is 3.19. The molecule has 0 radical (unpaired) electrons. The summed E-state index contributed by atoms with van der Waals surface area (Å²) in [5.74, 6) is -0.856. The Hall–Kier alpha value is -1.89. The van der Waals surface area contributed by atoms with E-state index in [0.717, 1.165) is 31.6 Å². The molecule has 1 fully saturated rings. The molecule has 0 atom stereocenters. The van der Waals surface area contributed by atoms with Gasteiger partial charge in [-0.1, -0.05) is 12.8 Å². The third kappa shape index (κ3) is 4.56. The van der Waals surface area contributed by atoms with Gasteiger partial charge in [0.25, 0.3) is 0 Å². The number of nitrogens with one attached hydrogen (secondary N) is 1. The molecule has 1 aliphatic rings. The molecule has 2 N–H and O–H groups in total. The summed E-state index contributed by atoms with van der Waals surface area (Å²) in [6, 6.07) is 3.61. The number of hydrogen-bond donors (Lipinski definition) is 2. The van der Waals surface area contributed by atoms with E-state index in [0.29, 0.717) is 12.3 Å². The van der Waals surface area contributed by atoms with Gasteiger partial charge in [-0.25, -0.2) is 13.2 Å². The zero-order valence-electron chi connectivity index (χ0n) is 11.6. The molecular formula is C14H17NO5S. The van der Waals surface area contributed by atoms with Crippen molar-refractivity contribution in [2.24, 2.45) is 5.92 Å². The van der Waals surface area contributed by atoms with Gasteiger partial charge >= 0.3 is 5.97 Å². The summed E-state index contributed by atoms with van der Waals surface area (Å²) in [7, 11) is -3.55. The predicted molar refractivity (Wildman–Crippen MR) is 77.1 cm³/mol. The van der Waals surface area contributed by atoms with Crippen molar-refractivity contribution in [2.45, 2.75) is 30.6 Å². The molecule has 0 spiro atoms. The first-order valence-electron chi connectivity index (χ1n) is 6.64. The van der Waals surface area contributed by atoms with Crippen LogP contribution >= 0.6 is 0 Å². The van der Waals surface area contributed by atoms with Crippen molar-refractivity contribution in [1.82, 2.24) is 0 Å². The standard InChI is InChI=1S/C14H17NO5S/c1-21(19,20)12-7-10(14(17)18)6-11(8-12)15-13(16)5-4-9-2-3-9/h6-9H,2-5H2,1H3,(H,15,16)(H,17,18). The van der Waals surface area contributed by atoms with Gasteiger partial charge in [0.05, 0.1) is 10.5 Å². The van der Waals surface area contributed by atoms with Gasteiger partial charge in [0, 0.05) is 18.4 Å². The SMILES string of the molecule is CS(=O)(=O)c1cc(NC(=O)CCC2CC2)cc(C(=O)O)c1.